The highest BCUT2D eigenvalue weighted by Crippen LogP contribution is 2.34. The average Bonchev–Trinajstić information content (AvgIpc) is 2.67. The van der Waals surface area contributed by atoms with Gasteiger partial charge < -0.3 is 10.1 Å². The van der Waals surface area contributed by atoms with Crippen LogP contribution in [0.25, 0.3) is 0 Å². The molecule has 2 aromatic rings. The summed E-state index contributed by atoms with van der Waals surface area (Å²) in [5.74, 6) is -0.327. The molecule has 0 aromatic heterocycles. The lowest BCUT2D eigenvalue weighted by molar-refractivity contribution is -0.121. The van der Waals surface area contributed by atoms with E-state index in [2.05, 4.69) is 33.4 Å². The van der Waals surface area contributed by atoms with Gasteiger partial charge in [-0.05, 0) is 42.5 Å². The summed E-state index contributed by atoms with van der Waals surface area (Å²) >= 11 is 3.24. The predicted octanol–water partition coefficient (Wildman–Crippen LogP) is 4.39. The zero-order valence-electron chi connectivity index (χ0n) is 14.6. The first-order valence-corrected chi connectivity index (χ1v) is 9.72. The maximum atomic E-state index is 13.9. The van der Waals surface area contributed by atoms with Gasteiger partial charge in [0.2, 0.25) is 5.91 Å². The smallest absolute Gasteiger partial charge is 0.220 e. The van der Waals surface area contributed by atoms with Crippen LogP contribution in [0.2, 0.25) is 0 Å². The van der Waals surface area contributed by atoms with E-state index in [0.29, 0.717) is 36.2 Å². The van der Waals surface area contributed by atoms with E-state index >= 15 is 0 Å². The number of benzene rings is 2. The third kappa shape index (κ3) is 4.71. The molecule has 1 saturated heterocycles. The fourth-order valence-corrected chi connectivity index (χ4v) is 3.78. The molecular weight excluding hydrogens is 397 g/mol. The number of nitrogens with one attached hydrogen (secondary N) is 1. The van der Waals surface area contributed by atoms with Crippen LogP contribution in [0.1, 0.15) is 30.4 Å². The average molecular weight is 420 g/mol. The standard InChI is InChI=1S/C21H23BrFNO2/c22-18-8-6-16(19(23)14-18)7-9-20(25)24-15-21(10-12-26-13-11-21)17-4-2-1-3-5-17/h1-6,8,14H,7,9-13,15H2,(H,24,25). The van der Waals surface area contributed by atoms with Crippen LogP contribution in [0.3, 0.4) is 0 Å². The van der Waals surface area contributed by atoms with E-state index in [-0.39, 0.29) is 23.6 Å². The summed E-state index contributed by atoms with van der Waals surface area (Å²) in [7, 11) is 0. The molecule has 26 heavy (non-hydrogen) atoms. The van der Waals surface area contributed by atoms with Crippen LogP contribution in [0.15, 0.2) is 53.0 Å². The lowest BCUT2D eigenvalue weighted by Crippen LogP contribution is -2.44. The molecule has 1 aliphatic heterocycles. The molecule has 0 saturated carbocycles. The summed E-state index contributed by atoms with van der Waals surface area (Å²) in [5.41, 5.74) is 1.72. The van der Waals surface area contributed by atoms with E-state index in [1.54, 1.807) is 12.1 Å². The van der Waals surface area contributed by atoms with Gasteiger partial charge in [0.15, 0.2) is 0 Å². The van der Waals surface area contributed by atoms with Crippen molar-refractivity contribution in [1.29, 1.82) is 0 Å². The largest absolute Gasteiger partial charge is 0.381 e. The number of hydrogen-bond acceptors (Lipinski definition) is 2. The van der Waals surface area contributed by atoms with E-state index in [4.69, 9.17) is 4.74 Å². The topological polar surface area (TPSA) is 38.3 Å². The maximum Gasteiger partial charge on any atom is 0.220 e. The number of ether oxygens (including phenoxy) is 1. The quantitative estimate of drug-likeness (QED) is 0.753. The summed E-state index contributed by atoms with van der Waals surface area (Å²) in [6, 6.07) is 15.2. The molecular formula is C21H23BrFNO2. The zero-order chi connectivity index (χ0) is 18.4. The molecule has 1 fully saturated rings. The Hall–Kier alpha value is -1.72. The summed E-state index contributed by atoms with van der Waals surface area (Å²) in [5, 5.41) is 3.07. The van der Waals surface area contributed by atoms with Crippen LogP contribution >= 0.6 is 15.9 Å². The maximum absolute atomic E-state index is 13.9. The first kappa shape index (κ1) is 19.1. The molecule has 0 atom stereocenters. The SMILES string of the molecule is O=C(CCc1ccc(Br)cc1F)NCC1(c2ccccc2)CCOCC1. The zero-order valence-corrected chi connectivity index (χ0v) is 16.2. The second-order valence-electron chi connectivity index (χ2n) is 6.77. The van der Waals surface area contributed by atoms with Crippen molar-refractivity contribution in [2.75, 3.05) is 19.8 Å². The van der Waals surface area contributed by atoms with Crippen molar-refractivity contribution >= 4 is 21.8 Å². The van der Waals surface area contributed by atoms with Crippen LogP contribution in [0.5, 0.6) is 0 Å². The monoisotopic (exact) mass is 419 g/mol. The third-order valence-electron chi connectivity index (χ3n) is 5.10. The summed E-state index contributed by atoms with van der Waals surface area (Å²) in [6.45, 7) is 1.99. The lowest BCUT2D eigenvalue weighted by Gasteiger charge is -2.38. The third-order valence-corrected chi connectivity index (χ3v) is 5.59. The Balaban J connectivity index is 1.59. The van der Waals surface area contributed by atoms with Gasteiger partial charge >= 0.3 is 0 Å². The number of halogens is 2. The van der Waals surface area contributed by atoms with Crippen molar-refractivity contribution in [2.45, 2.75) is 31.1 Å². The molecule has 3 nitrogen and oxygen atoms in total. The lowest BCUT2D eigenvalue weighted by atomic mass is 9.74. The van der Waals surface area contributed by atoms with E-state index in [0.717, 1.165) is 12.8 Å². The molecule has 1 heterocycles. The molecule has 0 bridgehead atoms. The molecule has 1 N–H and O–H groups in total. The minimum absolute atomic E-state index is 0.0471. The molecule has 138 valence electrons. The molecule has 0 unspecified atom stereocenters. The Labute approximate surface area is 162 Å². The van der Waals surface area contributed by atoms with Crippen molar-refractivity contribution in [3.05, 3.63) is 69.9 Å². The Bertz CT molecular complexity index is 745. The highest BCUT2D eigenvalue weighted by Gasteiger charge is 2.34. The van der Waals surface area contributed by atoms with Crippen LogP contribution in [0, 0.1) is 5.82 Å². The Morgan fingerprint density at radius 3 is 2.58 bits per heavy atom. The normalized spacial score (nSPS) is 16.2. The number of aryl methyl sites for hydroxylation is 1. The molecule has 5 heteroatoms. The van der Waals surface area contributed by atoms with Crippen molar-refractivity contribution < 1.29 is 13.9 Å². The minimum atomic E-state index is -0.280. The van der Waals surface area contributed by atoms with Gasteiger partial charge in [-0.15, -0.1) is 0 Å². The van der Waals surface area contributed by atoms with E-state index in [1.165, 1.54) is 11.6 Å². The first-order chi connectivity index (χ1) is 12.6. The van der Waals surface area contributed by atoms with Gasteiger partial charge in [0, 0.05) is 36.1 Å². The summed E-state index contributed by atoms with van der Waals surface area (Å²) in [6.07, 6.45) is 2.45. The Kier molecular flexibility index (Phi) is 6.43. The molecule has 0 radical (unpaired) electrons. The van der Waals surface area contributed by atoms with Gasteiger partial charge in [-0.25, -0.2) is 4.39 Å². The van der Waals surface area contributed by atoms with Gasteiger partial charge in [-0.2, -0.15) is 0 Å². The first-order valence-electron chi connectivity index (χ1n) is 8.93. The van der Waals surface area contributed by atoms with E-state index < -0.39 is 0 Å². The van der Waals surface area contributed by atoms with Gasteiger partial charge in [0.25, 0.3) is 0 Å². The fourth-order valence-electron chi connectivity index (χ4n) is 3.45. The van der Waals surface area contributed by atoms with E-state index in [9.17, 15) is 9.18 Å². The molecule has 1 amide bonds. The van der Waals surface area contributed by atoms with Crippen molar-refractivity contribution in [3.63, 3.8) is 0 Å². The van der Waals surface area contributed by atoms with Crippen LogP contribution in [0.4, 0.5) is 4.39 Å². The number of hydrogen-bond donors (Lipinski definition) is 1. The van der Waals surface area contributed by atoms with Crippen molar-refractivity contribution in [2.24, 2.45) is 0 Å². The highest BCUT2D eigenvalue weighted by molar-refractivity contribution is 9.10. The van der Waals surface area contributed by atoms with Crippen LogP contribution in [-0.4, -0.2) is 25.7 Å². The summed E-state index contributed by atoms with van der Waals surface area (Å²) in [4.78, 5) is 12.3. The van der Waals surface area contributed by atoms with Gasteiger partial charge in [0.05, 0.1) is 0 Å². The van der Waals surface area contributed by atoms with Crippen LogP contribution < -0.4 is 5.32 Å². The van der Waals surface area contributed by atoms with Crippen LogP contribution in [-0.2, 0) is 21.4 Å². The molecule has 0 spiro atoms. The molecule has 2 aromatic carbocycles. The minimum Gasteiger partial charge on any atom is -0.381 e. The Morgan fingerprint density at radius 2 is 1.88 bits per heavy atom. The van der Waals surface area contributed by atoms with Crippen molar-refractivity contribution in [1.82, 2.24) is 5.32 Å². The number of carbonyl (C=O) groups is 1. The molecule has 1 aliphatic rings. The molecule has 0 aliphatic carbocycles. The summed E-state index contributed by atoms with van der Waals surface area (Å²) < 4.78 is 20.1. The highest BCUT2D eigenvalue weighted by atomic mass is 79.9. The Morgan fingerprint density at radius 1 is 1.15 bits per heavy atom. The predicted molar refractivity (Wildman–Crippen MR) is 104 cm³/mol. The van der Waals surface area contributed by atoms with E-state index in [1.807, 2.05) is 18.2 Å². The van der Waals surface area contributed by atoms with Crippen molar-refractivity contribution in [3.8, 4) is 0 Å². The number of carbonyl (C=O) groups excluding carboxylic acids is 1. The number of rotatable bonds is 6. The second kappa shape index (κ2) is 8.78. The van der Waals surface area contributed by atoms with Gasteiger partial charge in [-0.1, -0.05) is 52.3 Å². The fraction of sp³-hybridized carbons (Fsp3) is 0.381. The van der Waals surface area contributed by atoms with Gasteiger partial charge in [-0.3, -0.25) is 4.79 Å². The molecule has 3 rings (SSSR count). The van der Waals surface area contributed by atoms with Gasteiger partial charge in [0.1, 0.15) is 5.82 Å². The second-order valence-corrected chi connectivity index (χ2v) is 7.69. The number of amides is 1.